The van der Waals surface area contributed by atoms with Crippen molar-refractivity contribution in [2.45, 2.75) is 45.8 Å². The SMILES string of the molecule is Cc1cc(OC(C)C)nc(NCC2CCC(=O)N2)n1. The summed E-state index contributed by atoms with van der Waals surface area (Å²) in [6.45, 7) is 6.45. The number of carbonyl (C=O) groups excluding carboxylic acids is 1. The molecule has 0 saturated carbocycles. The fourth-order valence-electron chi connectivity index (χ4n) is 1.97. The van der Waals surface area contributed by atoms with E-state index in [-0.39, 0.29) is 18.1 Å². The number of rotatable bonds is 5. The van der Waals surface area contributed by atoms with Crippen LogP contribution in [0.25, 0.3) is 0 Å². The number of aryl methyl sites for hydroxylation is 1. The summed E-state index contributed by atoms with van der Waals surface area (Å²) < 4.78 is 5.56. The lowest BCUT2D eigenvalue weighted by Crippen LogP contribution is -2.32. The fraction of sp³-hybridized carbons (Fsp3) is 0.615. The van der Waals surface area contributed by atoms with E-state index in [2.05, 4.69) is 20.6 Å². The molecule has 0 radical (unpaired) electrons. The second-order valence-electron chi connectivity index (χ2n) is 5.02. The van der Waals surface area contributed by atoms with Crippen molar-refractivity contribution in [3.05, 3.63) is 11.8 Å². The molecule has 1 amide bonds. The van der Waals surface area contributed by atoms with E-state index >= 15 is 0 Å². The maximum atomic E-state index is 11.1. The highest BCUT2D eigenvalue weighted by Gasteiger charge is 2.20. The molecule has 104 valence electrons. The number of amides is 1. The van der Waals surface area contributed by atoms with Gasteiger partial charge in [0.15, 0.2) is 0 Å². The molecule has 6 nitrogen and oxygen atoms in total. The molecule has 1 fully saturated rings. The van der Waals surface area contributed by atoms with Crippen LogP contribution in [0.2, 0.25) is 0 Å². The minimum atomic E-state index is 0.0799. The first kappa shape index (κ1) is 13.6. The summed E-state index contributed by atoms with van der Waals surface area (Å²) in [7, 11) is 0. The van der Waals surface area contributed by atoms with E-state index in [9.17, 15) is 4.79 Å². The molecule has 1 atom stereocenters. The van der Waals surface area contributed by atoms with E-state index in [1.807, 2.05) is 26.8 Å². The Balaban J connectivity index is 1.95. The molecule has 19 heavy (non-hydrogen) atoms. The minimum Gasteiger partial charge on any atom is -0.475 e. The summed E-state index contributed by atoms with van der Waals surface area (Å²) in [5, 5.41) is 6.04. The van der Waals surface area contributed by atoms with Crippen molar-refractivity contribution in [1.29, 1.82) is 0 Å². The number of ether oxygens (including phenoxy) is 1. The van der Waals surface area contributed by atoms with E-state index in [1.54, 1.807) is 0 Å². The van der Waals surface area contributed by atoms with Crippen LogP contribution in [-0.4, -0.2) is 34.6 Å². The molecule has 1 saturated heterocycles. The second kappa shape index (κ2) is 5.86. The zero-order valence-corrected chi connectivity index (χ0v) is 11.6. The first-order valence-electron chi connectivity index (χ1n) is 6.58. The van der Waals surface area contributed by atoms with Gasteiger partial charge in [-0.25, -0.2) is 4.98 Å². The zero-order chi connectivity index (χ0) is 13.8. The standard InChI is InChI=1S/C13H20N4O2/c1-8(2)19-12-6-9(3)15-13(17-12)14-7-10-4-5-11(18)16-10/h6,8,10H,4-5,7H2,1-3H3,(H,16,18)(H,14,15,17). The monoisotopic (exact) mass is 264 g/mol. The molecule has 6 heteroatoms. The third-order valence-corrected chi connectivity index (χ3v) is 2.78. The Morgan fingerprint density at radius 1 is 1.53 bits per heavy atom. The number of aromatic nitrogens is 2. The third-order valence-electron chi connectivity index (χ3n) is 2.78. The van der Waals surface area contributed by atoms with Crippen LogP contribution in [0.4, 0.5) is 5.95 Å². The molecule has 0 aliphatic carbocycles. The van der Waals surface area contributed by atoms with Crippen LogP contribution >= 0.6 is 0 Å². The number of hydrogen-bond donors (Lipinski definition) is 2. The Labute approximate surface area is 113 Å². The normalized spacial score (nSPS) is 18.5. The Morgan fingerprint density at radius 2 is 2.32 bits per heavy atom. The molecule has 2 rings (SSSR count). The van der Waals surface area contributed by atoms with Crippen LogP contribution in [0.3, 0.4) is 0 Å². The van der Waals surface area contributed by atoms with Gasteiger partial charge in [0.05, 0.1) is 6.10 Å². The fourth-order valence-corrected chi connectivity index (χ4v) is 1.97. The molecule has 0 aromatic carbocycles. The quantitative estimate of drug-likeness (QED) is 0.837. The van der Waals surface area contributed by atoms with Gasteiger partial charge in [0.2, 0.25) is 17.7 Å². The van der Waals surface area contributed by atoms with E-state index in [1.165, 1.54) is 0 Å². The van der Waals surface area contributed by atoms with Gasteiger partial charge >= 0.3 is 0 Å². The van der Waals surface area contributed by atoms with Crippen molar-refractivity contribution in [3.8, 4) is 5.88 Å². The van der Waals surface area contributed by atoms with Gasteiger partial charge in [0.25, 0.3) is 0 Å². The van der Waals surface area contributed by atoms with Gasteiger partial charge in [-0.15, -0.1) is 0 Å². The molecule has 1 aromatic heterocycles. The van der Waals surface area contributed by atoms with Gasteiger partial charge < -0.3 is 15.4 Å². The van der Waals surface area contributed by atoms with Crippen LogP contribution in [-0.2, 0) is 4.79 Å². The predicted molar refractivity (Wildman–Crippen MR) is 72.2 cm³/mol. The smallest absolute Gasteiger partial charge is 0.226 e. The van der Waals surface area contributed by atoms with Crippen molar-refractivity contribution in [2.24, 2.45) is 0 Å². The Kier molecular flexibility index (Phi) is 4.19. The topological polar surface area (TPSA) is 76.1 Å². The molecule has 2 N–H and O–H groups in total. The minimum absolute atomic E-state index is 0.0799. The van der Waals surface area contributed by atoms with Gasteiger partial charge in [-0.2, -0.15) is 4.98 Å². The molecule has 1 aliphatic rings. The third kappa shape index (κ3) is 4.08. The van der Waals surface area contributed by atoms with Gasteiger partial charge in [-0.05, 0) is 27.2 Å². The lowest BCUT2D eigenvalue weighted by atomic mass is 10.2. The van der Waals surface area contributed by atoms with Crippen molar-refractivity contribution >= 4 is 11.9 Å². The Hall–Kier alpha value is -1.85. The summed E-state index contributed by atoms with van der Waals surface area (Å²) >= 11 is 0. The highest BCUT2D eigenvalue weighted by molar-refractivity contribution is 5.78. The lowest BCUT2D eigenvalue weighted by molar-refractivity contribution is -0.119. The summed E-state index contributed by atoms with van der Waals surface area (Å²) in [4.78, 5) is 19.7. The number of nitrogens with one attached hydrogen (secondary N) is 2. The summed E-state index contributed by atoms with van der Waals surface area (Å²) in [5.41, 5.74) is 0.851. The van der Waals surface area contributed by atoms with E-state index in [0.29, 0.717) is 24.8 Å². The maximum absolute atomic E-state index is 11.1. The molecule has 1 aromatic rings. The van der Waals surface area contributed by atoms with Gasteiger partial charge in [-0.1, -0.05) is 0 Å². The molecular weight excluding hydrogens is 244 g/mol. The van der Waals surface area contributed by atoms with Gasteiger partial charge in [0, 0.05) is 30.8 Å². The Bertz CT molecular complexity index is 462. The highest BCUT2D eigenvalue weighted by Crippen LogP contribution is 2.14. The van der Waals surface area contributed by atoms with Gasteiger partial charge in [-0.3, -0.25) is 4.79 Å². The van der Waals surface area contributed by atoms with Crippen LogP contribution in [0.5, 0.6) is 5.88 Å². The molecular formula is C13H20N4O2. The average molecular weight is 264 g/mol. The van der Waals surface area contributed by atoms with Crippen molar-refractivity contribution in [3.63, 3.8) is 0 Å². The molecule has 1 aliphatic heterocycles. The van der Waals surface area contributed by atoms with Crippen molar-refractivity contribution in [2.75, 3.05) is 11.9 Å². The van der Waals surface area contributed by atoms with E-state index in [4.69, 9.17) is 4.74 Å². The van der Waals surface area contributed by atoms with Gasteiger partial charge in [0.1, 0.15) is 0 Å². The van der Waals surface area contributed by atoms with Crippen LogP contribution in [0.15, 0.2) is 6.07 Å². The van der Waals surface area contributed by atoms with Crippen molar-refractivity contribution in [1.82, 2.24) is 15.3 Å². The summed E-state index contributed by atoms with van der Waals surface area (Å²) in [5.74, 6) is 1.22. The van der Waals surface area contributed by atoms with Crippen LogP contribution in [0, 0.1) is 6.92 Å². The average Bonchev–Trinajstić information content (AvgIpc) is 2.71. The molecule has 1 unspecified atom stereocenters. The Morgan fingerprint density at radius 3 is 2.95 bits per heavy atom. The van der Waals surface area contributed by atoms with E-state index in [0.717, 1.165) is 12.1 Å². The van der Waals surface area contributed by atoms with E-state index < -0.39 is 0 Å². The number of anilines is 1. The lowest BCUT2D eigenvalue weighted by Gasteiger charge is -2.13. The maximum Gasteiger partial charge on any atom is 0.226 e. The number of nitrogens with zero attached hydrogens (tertiary/aromatic N) is 2. The number of carbonyl (C=O) groups is 1. The first-order valence-corrected chi connectivity index (χ1v) is 6.58. The highest BCUT2D eigenvalue weighted by atomic mass is 16.5. The molecule has 0 bridgehead atoms. The van der Waals surface area contributed by atoms with Crippen molar-refractivity contribution < 1.29 is 9.53 Å². The molecule has 2 heterocycles. The van der Waals surface area contributed by atoms with Crippen LogP contribution < -0.4 is 15.4 Å². The molecule has 0 spiro atoms. The summed E-state index contributed by atoms with van der Waals surface area (Å²) in [6.07, 6.45) is 1.53. The predicted octanol–water partition coefficient (Wildman–Crippen LogP) is 1.26. The second-order valence-corrected chi connectivity index (χ2v) is 5.02. The first-order chi connectivity index (χ1) is 9.02. The van der Waals surface area contributed by atoms with Crippen LogP contribution in [0.1, 0.15) is 32.4 Å². The largest absolute Gasteiger partial charge is 0.475 e. The zero-order valence-electron chi connectivity index (χ0n) is 11.6. The summed E-state index contributed by atoms with van der Waals surface area (Å²) in [6, 6.07) is 1.97. The number of hydrogen-bond acceptors (Lipinski definition) is 5.